The molecule has 0 saturated carbocycles. The molecule has 3 heteroatoms. The van der Waals surface area contributed by atoms with Crippen LogP contribution in [0.15, 0.2) is 64.8 Å². The van der Waals surface area contributed by atoms with E-state index in [2.05, 4.69) is 25.1 Å². The molecule has 126 valence electrons. The second-order valence-corrected chi connectivity index (χ2v) is 6.44. The van der Waals surface area contributed by atoms with Crippen molar-refractivity contribution in [3.8, 4) is 0 Å². The highest BCUT2D eigenvalue weighted by Crippen LogP contribution is 2.45. The quantitative estimate of drug-likeness (QED) is 0.584. The van der Waals surface area contributed by atoms with E-state index in [-0.39, 0.29) is 5.97 Å². The van der Waals surface area contributed by atoms with Gasteiger partial charge in [-0.15, -0.1) is 0 Å². The van der Waals surface area contributed by atoms with Crippen molar-refractivity contribution in [2.24, 2.45) is 0 Å². The van der Waals surface area contributed by atoms with Crippen molar-refractivity contribution in [2.45, 2.75) is 32.8 Å². The second-order valence-electron chi connectivity index (χ2n) is 6.44. The molecule has 1 aliphatic rings. The van der Waals surface area contributed by atoms with Crippen LogP contribution in [-0.4, -0.2) is 5.97 Å². The Morgan fingerprint density at radius 2 is 1.88 bits per heavy atom. The predicted molar refractivity (Wildman–Crippen MR) is 98.1 cm³/mol. The van der Waals surface area contributed by atoms with Crippen molar-refractivity contribution in [1.82, 2.24) is 0 Å². The molecule has 0 aliphatic carbocycles. The van der Waals surface area contributed by atoms with Crippen LogP contribution < -0.4 is 0 Å². The summed E-state index contributed by atoms with van der Waals surface area (Å²) in [4.78, 5) is 12.6. The first-order valence-corrected chi connectivity index (χ1v) is 8.66. The van der Waals surface area contributed by atoms with Gasteiger partial charge in [0, 0.05) is 22.3 Å². The van der Waals surface area contributed by atoms with E-state index >= 15 is 0 Å². The van der Waals surface area contributed by atoms with Gasteiger partial charge >= 0.3 is 5.97 Å². The number of benzene rings is 2. The summed E-state index contributed by atoms with van der Waals surface area (Å²) in [5.74, 6) is 0.614. The van der Waals surface area contributed by atoms with Gasteiger partial charge in [-0.3, -0.25) is 0 Å². The van der Waals surface area contributed by atoms with E-state index in [0.717, 1.165) is 45.2 Å². The van der Waals surface area contributed by atoms with Crippen LogP contribution in [0, 0.1) is 6.92 Å². The fourth-order valence-corrected chi connectivity index (χ4v) is 3.60. The summed E-state index contributed by atoms with van der Waals surface area (Å²) in [5.41, 5.74) is 3.66. The standard InChI is InChI=1S/C22H20O3/c1-3-7-19-20(16-12-14(2)24-13-16)21(25-22(19)23)18-11-6-9-15-8-4-5-10-17(15)18/h4-6,8-13,21H,3,7H2,1-2H3. The number of ether oxygens (including phenoxy) is 1. The van der Waals surface area contributed by atoms with E-state index in [9.17, 15) is 4.79 Å². The maximum Gasteiger partial charge on any atom is 0.335 e. The molecule has 1 unspecified atom stereocenters. The Bertz CT molecular complexity index is 972. The zero-order chi connectivity index (χ0) is 17.4. The van der Waals surface area contributed by atoms with Crippen LogP contribution >= 0.6 is 0 Å². The smallest absolute Gasteiger partial charge is 0.335 e. The van der Waals surface area contributed by atoms with E-state index in [4.69, 9.17) is 9.15 Å². The van der Waals surface area contributed by atoms with Crippen LogP contribution in [0.1, 0.15) is 42.8 Å². The van der Waals surface area contributed by atoms with Crippen molar-refractivity contribution in [2.75, 3.05) is 0 Å². The van der Waals surface area contributed by atoms with Gasteiger partial charge in [-0.1, -0.05) is 55.8 Å². The van der Waals surface area contributed by atoms with Gasteiger partial charge in [-0.05, 0) is 30.2 Å². The van der Waals surface area contributed by atoms with E-state index in [0.29, 0.717) is 6.42 Å². The van der Waals surface area contributed by atoms with Gasteiger partial charge in [0.25, 0.3) is 0 Å². The van der Waals surface area contributed by atoms with Crippen LogP contribution in [-0.2, 0) is 9.53 Å². The van der Waals surface area contributed by atoms with E-state index in [1.807, 2.05) is 37.3 Å². The molecule has 0 N–H and O–H groups in total. The number of carbonyl (C=O) groups excluding carboxylic acids is 1. The summed E-state index contributed by atoms with van der Waals surface area (Å²) < 4.78 is 11.4. The number of hydrogen-bond acceptors (Lipinski definition) is 3. The molecular formula is C22H20O3. The number of rotatable bonds is 4. The van der Waals surface area contributed by atoms with Crippen molar-refractivity contribution in [3.05, 3.63) is 77.3 Å². The van der Waals surface area contributed by atoms with Crippen molar-refractivity contribution in [1.29, 1.82) is 0 Å². The third kappa shape index (κ3) is 2.66. The molecule has 1 aromatic heterocycles. The first kappa shape index (κ1) is 15.7. The second kappa shape index (κ2) is 6.25. The van der Waals surface area contributed by atoms with Gasteiger partial charge in [0.2, 0.25) is 0 Å². The summed E-state index contributed by atoms with van der Waals surface area (Å²) in [6.07, 6.45) is 2.93. The maximum absolute atomic E-state index is 12.6. The monoisotopic (exact) mass is 332 g/mol. The first-order valence-electron chi connectivity index (χ1n) is 8.66. The minimum atomic E-state index is -0.392. The Balaban J connectivity index is 1.92. The molecule has 0 spiro atoms. The molecular weight excluding hydrogens is 312 g/mol. The zero-order valence-electron chi connectivity index (χ0n) is 14.4. The number of fused-ring (bicyclic) bond motifs is 1. The number of aryl methyl sites for hydroxylation is 1. The topological polar surface area (TPSA) is 39.4 Å². The van der Waals surface area contributed by atoms with Gasteiger partial charge in [0.1, 0.15) is 5.76 Å². The summed E-state index contributed by atoms with van der Waals surface area (Å²) in [6, 6.07) is 16.3. The minimum absolute atomic E-state index is 0.214. The Morgan fingerprint density at radius 1 is 1.08 bits per heavy atom. The van der Waals surface area contributed by atoms with Crippen LogP contribution in [0.2, 0.25) is 0 Å². The number of furan rings is 1. The lowest BCUT2D eigenvalue weighted by Crippen LogP contribution is -2.04. The molecule has 25 heavy (non-hydrogen) atoms. The highest BCUT2D eigenvalue weighted by molar-refractivity contribution is 6.04. The lowest BCUT2D eigenvalue weighted by atomic mass is 9.90. The molecule has 0 radical (unpaired) electrons. The Labute approximate surface area is 146 Å². The van der Waals surface area contributed by atoms with Gasteiger partial charge in [-0.2, -0.15) is 0 Å². The van der Waals surface area contributed by atoms with Gasteiger partial charge < -0.3 is 9.15 Å². The molecule has 2 aromatic carbocycles. The number of hydrogen-bond donors (Lipinski definition) is 0. The van der Waals surface area contributed by atoms with Gasteiger partial charge in [0.15, 0.2) is 6.10 Å². The van der Waals surface area contributed by atoms with Crippen LogP contribution in [0.4, 0.5) is 0 Å². The number of cyclic esters (lactones) is 1. The van der Waals surface area contributed by atoms with Crippen molar-refractivity contribution < 1.29 is 13.9 Å². The molecule has 1 atom stereocenters. The normalized spacial score (nSPS) is 17.4. The molecule has 0 saturated heterocycles. The molecule has 4 rings (SSSR count). The van der Waals surface area contributed by atoms with Crippen molar-refractivity contribution >= 4 is 22.3 Å². The third-order valence-electron chi connectivity index (χ3n) is 4.71. The molecule has 0 fully saturated rings. The molecule has 1 aliphatic heterocycles. The summed E-state index contributed by atoms with van der Waals surface area (Å²) in [6.45, 7) is 3.98. The highest BCUT2D eigenvalue weighted by Gasteiger charge is 2.36. The van der Waals surface area contributed by atoms with E-state index < -0.39 is 6.10 Å². The predicted octanol–water partition coefficient (Wildman–Crippen LogP) is 5.59. The van der Waals surface area contributed by atoms with Gasteiger partial charge in [-0.25, -0.2) is 4.79 Å². The van der Waals surface area contributed by atoms with E-state index in [1.165, 1.54) is 0 Å². The molecule has 3 aromatic rings. The molecule has 3 nitrogen and oxygen atoms in total. The SMILES string of the molecule is CCCC1=C(c2coc(C)c2)C(c2cccc3ccccc23)OC1=O. The molecule has 0 bridgehead atoms. The lowest BCUT2D eigenvalue weighted by molar-refractivity contribution is -0.139. The maximum atomic E-state index is 12.6. The Morgan fingerprint density at radius 3 is 2.64 bits per heavy atom. The minimum Gasteiger partial charge on any atom is -0.469 e. The van der Waals surface area contributed by atoms with Gasteiger partial charge in [0.05, 0.1) is 6.26 Å². The number of carbonyl (C=O) groups is 1. The largest absolute Gasteiger partial charge is 0.469 e. The summed E-state index contributed by atoms with van der Waals surface area (Å²) >= 11 is 0. The highest BCUT2D eigenvalue weighted by atomic mass is 16.5. The fourth-order valence-electron chi connectivity index (χ4n) is 3.60. The van der Waals surface area contributed by atoms with Crippen LogP contribution in [0.3, 0.4) is 0 Å². The number of esters is 1. The molecule has 0 amide bonds. The summed E-state index contributed by atoms with van der Waals surface area (Å²) in [7, 11) is 0. The third-order valence-corrected chi connectivity index (χ3v) is 4.71. The first-order chi connectivity index (χ1) is 12.2. The van der Waals surface area contributed by atoms with E-state index in [1.54, 1.807) is 6.26 Å². The average Bonchev–Trinajstić information content (AvgIpc) is 3.18. The summed E-state index contributed by atoms with van der Waals surface area (Å²) in [5, 5.41) is 2.25. The fraction of sp³-hybridized carbons (Fsp3) is 0.227. The van der Waals surface area contributed by atoms with Crippen molar-refractivity contribution in [3.63, 3.8) is 0 Å². The molecule has 2 heterocycles. The Hall–Kier alpha value is -2.81. The average molecular weight is 332 g/mol. The Kier molecular flexibility index (Phi) is 3.92. The zero-order valence-corrected chi connectivity index (χ0v) is 14.4. The van der Waals surface area contributed by atoms with Crippen LogP contribution in [0.25, 0.3) is 16.3 Å². The lowest BCUT2D eigenvalue weighted by Gasteiger charge is -2.16. The van der Waals surface area contributed by atoms with Crippen LogP contribution in [0.5, 0.6) is 0 Å².